The number of aromatic nitrogens is 2. The minimum Gasteiger partial charge on any atom is -0.394 e. The Labute approximate surface area is 165 Å². The molecule has 1 amide bonds. The normalized spacial score (nSPS) is 21.9. The van der Waals surface area contributed by atoms with Gasteiger partial charge in [0.05, 0.1) is 24.3 Å². The first-order valence-electron chi connectivity index (χ1n) is 10.1. The summed E-state index contributed by atoms with van der Waals surface area (Å²) in [5.41, 5.74) is 1.21. The number of fused-ring (bicyclic) bond motifs is 1. The monoisotopic (exact) mass is 386 g/mol. The SMILES string of the molecule is CC[C@H](C)[C@@H](CO)NC(=O)c1ccc2cnc(N[C@H]3CC[C@H](O)CC3)nc2c1. The van der Waals surface area contributed by atoms with Gasteiger partial charge in [0.1, 0.15) is 0 Å². The van der Waals surface area contributed by atoms with Crippen molar-refractivity contribution in [2.24, 2.45) is 5.92 Å². The number of anilines is 1. The lowest BCUT2D eigenvalue weighted by molar-refractivity contribution is 0.0891. The maximum absolute atomic E-state index is 12.6. The number of hydrogen-bond acceptors (Lipinski definition) is 6. The van der Waals surface area contributed by atoms with Gasteiger partial charge in [0.2, 0.25) is 5.95 Å². The van der Waals surface area contributed by atoms with E-state index in [0.29, 0.717) is 17.0 Å². The highest BCUT2D eigenvalue weighted by Crippen LogP contribution is 2.22. The number of nitrogens with zero attached hydrogens (tertiary/aromatic N) is 2. The lowest BCUT2D eigenvalue weighted by atomic mass is 9.93. The van der Waals surface area contributed by atoms with Crippen molar-refractivity contribution in [3.05, 3.63) is 30.0 Å². The van der Waals surface area contributed by atoms with Gasteiger partial charge in [-0.1, -0.05) is 26.3 Å². The average Bonchev–Trinajstić information content (AvgIpc) is 2.72. The van der Waals surface area contributed by atoms with Gasteiger partial charge in [0.15, 0.2) is 0 Å². The number of benzene rings is 1. The largest absolute Gasteiger partial charge is 0.394 e. The topological polar surface area (TPSA) is 107 Å². The lowest BCUT2D eigenvalue weighted by Crippen LogP contribution is -2.41. The third-order valence-electron chi connectivity index (χ3n) is 5.72. The van der Waals surface area contributed by atoms with E-state index < -0.39 is 0 Å². The molecular formula is C21H30N4O3. The summed E-state index contributed by atoms with van der Waals surface area (Å²) >= 11 is 0. The molecule has 1 aromatic carbocycles. The minimum absolute atomic E-state index is 0.0827. The molecule has 0 saturated heterocycles. The number of aliphatic hydroxyl groups is 2. The van der Waals surface area contributed by atoms with Crippen LogP contribution in [0.25, 0.3) is 10.9 Å². The fraction of sp³-hybridized carbons (Fsp3) is 0.571. The highest BCUT2D eigenvalue weighted by molar-refractivity contribution is 5.98. The summed E-state index contributed by atoms with van der Waals surface area (Å²) < 4.78 is 0. The van der Waals surface area contributed by atoms with E-state index >= 15 is 0 Å². The summed E-state index contributed by atoms with van der Waals surface area (Å²) in [5.74, 6) is 0.525. The van der Waals surface area contributed by atoms with Crippen LogP contribution >= 0.6 is 0 Å². The Kier molecular flexibility index (Phi) is 6.80. The summed E-state index contributed by atoms with van der Waals surface area (Å²) in [7, 11) is 0. The first-order chi connectivity index (χ1) is 13.5. The van der Waals surface area contributed by atoms with Crippen molar-refractivity contribution in [2.75, 3.05) is 11.9 Å². The van der Waals surface area contributed by atoms with Crippen molar-refractivity contribution in [3.8, 4) is 0 Å². The molecule has 0 unspecified atom stereocenters. The van der Waals surface area contributed by atoms with Crippen LogP contribution in [0.3, 0.4) is 0 Å². The zero-order valence-electron chi connectivity index (χ0n) is 16.6. The highest BCUT2D eigenvalue weighted by atomic mass is 16.3. The van der Waals surface area contributed by atoms with Crippen molar-refractivity contribution < 1.29 is 15.0 Å². The maximum Gasteiger partial charge on any atom is 0.251 e. The van der Waals surface area contributed by atoms with Crippen LogP contribution in [0.2, 0.25) is 0 Å². The molecule has 2 aromatic rings. The molecule has 3 rings (SSSR count). The summed E-state index contributed by atoms with van der Waals surface area (Å²) in [4.78, 5) is 21.5. The molecule has 7 nitrogen and oxygen atoms in total. The fourth-order valence-corrected chi connectivity index (χ4v) is 3.54. The Morgan fingerprint density at radius 1 is 1.29 bits per heavy atom. The van der Waals surface area contributed by atoms with E-state index in [-0.39, 0.29) is 36.6 Å². The van der Waals surface area contributed by atoms with Crippen LogP contribution in [0.15, 0.2) is 24.4 Å². The summed E-state index contributed by atoms with van der Waals surface area (Å²) in [6.07, 6.45) is 5.79. The fourth-order valence-electron chi connectivity index (χ4n) is 3.54. The van der Waals surface area contributed by atoms with Gasteiger partial charge in [0.25, 0.3) is 5.91 Å². The van der Waals surface area contributed by atoms with Crippen LogP contribution in [0.4, 0.5) is 5.95 Å². The van der Waals surface area contributed by atoms with Gasteiger partial charge in [0, 0.05) is 23.2 Å². The standard InChI is InChI=1S/C21H30N4O3/c1-3-13(2)19(12-26)24-20(28)14-4-5-15-11-22-21(25-18(15)10-14)23-16-6-8-17(27)9-7-16/h4-5,10-11,13,16-17,19,26-27H,3,6-9,12H2,1-2H3,(H,24,28)(H,22,23,25)/t13-,16-,17-,19+/m0/s1. The molecule has 1 aliphatic carbocycles. The predicted octanol–water partition coefficient (Wildman–Crippen LogP) is 2.48. The van der Waals surface area contributed by atoms with Crippen LogP contribution in [0.5, 0.6) is 0 Å². The van der Waals surface area contributed by atoms with E-state index in [1.165, 1.54) is 0 Å². The van der Waals surface area contributed by atoms with Gasteiger partial charge < -0.3 is 20.8 Å². The number of hydrogen-bond donors (Lipinski definition) is 4. The van der Waals surface area contributed by atoms with E-state index in [1.807, 2.05) is 19.9 Å². The van der Waals surface area contributed by atoms with Gasteiger partial charge in [-0.25, -0.2) is 9.97 Å². The molecular weight excluding hydrogens is 356 g/mol. The Bertz CT molecular complexity index is 805. The van der Waals surface area contributed by atoms with E-state index in [0.717, 1.165) is 37.5 Å². The molecule has 0 radical (unpaired) electrons. The third-order valence-corrected chi connectivity index (χ3v) is 5.72. The van der Waals surface area contributed by atoms with Crippen LogP contribution in [0.1, 0.15) is 56.3 Å². The highest BCUT2D eigenvalue weighted by Gasteiger charge is 2.21. The number of carbonyl (C=O) groups excluding carboxylic acids is 1. The van der Waals surface area contributed by atoms with Gasteiger partial charge in [-0.2, -0.15) is 0 Å². The van der Waals surface area contributed by atoms with Crippen molar-refractivity contribution >= 4 is 22.8 Å². The molecule has 1 aliphatic rings. The molecule has 0 bridgehead atoms. The number of carbonyl (C=O) groups is 1. The Morgan fingerprint density at radius 3 is 2.71 bits per heavy atom. The molecule has 2 atom stereocenters. The molecule has 1 fully saturated rings. The first-order valence-corrected chi connectivity index (χ1v) is 10.1. The Morgan fingerprint density at radius 2 is 2.04 bits per heavy atom. The number of rotatable bonds is 7. The molecule has 28 heavy (non-hydrogen) atoms. The second kappa shape index (κ2) is 9.30. The van der Waals surface area contributed by atoms with E-state index in [9.17, 15) is 15.0 Å². The Hall–Kier alpha value is -2.25. The van der Waals surface area contributed by atoms with Crippen LogP contribution in [-0.2, 0) is 0 Å². The van der Waals surface area contributed by atoms with Crippen molar-refractivity contribution in [2.45, 2.75) is 64.1 Å². The molecule has 1 saturated carbocycles. The van der Waals surface area contributed by atoms with Gasteiger partial charge in [-0.05, 0) is 43.7 Å². The maximum atomic E-state index is 12.6. The number of amides is 1. The first kappa shape index (κ1) is 20.5. The summed E-state index contributed by atoms with van der Waals surface area (Å²) in [6.45, 7) is 3.96. The molecule has 7 heteroatoms. The molecule has 0 spiro atoms. The molecule has 0 aliphatic heterocycles. The summed E-state index contributed by atoms with van der Waals surface area (Å²) in [6, 6.07) is 5.34. The van der Waals surface area contributed by atoms with Crippen molar-refractivity contribution in [3.63, 3.8) is 0 Å². The molecule has 4 N–H and O–H groups in total. The quantitative estimate of drug-likeness (QED) is 0.582. The Balaban J connectivity index is 1.73. The third kappa shape index (κ3) is 4.97. The van der Waals surface area contributed by atoms with Gasteiger partial charge in [-0.3, -0.25) is 4.79 Å². The smallest absolute Gasteiger partial charge is 0.251 e. The zero-order valence-corrected chi connectivity index (χ0v) is 16.6. The van der Waals surface area contributed by atoms with Gasteiger partial charge in [-0.15, -0.1) is 0 Å². The number of nitrogens with one attached hydrogen (secondary N) is 2. The van der Waals surface area contributed by atoms with Crippen molar-refractivity contribution in [1.82, 2.24) is 15.3 Å². The zero-order chi connectivity index (χ0) is 20.1. The minimum atomic E-state index is -0.266. The van der Waals surface area contributed by atoms with Crippen molar-refractivity contribution in [1.29, 1.82) is 0 Å². The van der Waals surface area contributed by atoms with E-state index in [2.05, 4.69) is 20.6 Å². The molecule has 152 valence electrons. The molecule has 1 aromatic heterocycles. The van der Waals surface area contributed by atoms with E-state index in [4.69, 9.17) is 0 Å². The average molecular weight is 386 g/mol. The molecule has 1 heterocycles. The second-order valence-corrected chi connectivity index (χ2v) is 7.77. The summed E-state index contributed by atoms with van der Waals surface area (Å²) in [5, 5.41) is 26.3. The van der Waals surface area contributed by atoms with Crippen LogP contribution < -0.4 is 10.6 Å². The van der Waals surface area contributed by atoms with Crippen LogP contribution in [-0.4, -0.2) is 50.9 Å². The van der Waals surface area contributed by atoms with Crippen LogP contribution in [0, 0.1) is 5.92 Å². The van der Waals surface area contributed by atoms with E-state index in [1.54, 1.807) is 18.3 Å². The predicted molar refractivity (Wildman–Crippen MR) is 109 cm³/mol. The lowest BCUT2D eigenvalue weighted by Gasteiger charge is -2.26. The van der Waals surface area contributed by atoms with Gasteiger partial charge >= 0.3 is 0 Å². The second-order valence-electron chi connectivity index (χ2n) is 7.77. The number of aliphatic hydroxyl groups excluding tert-OH is 2.